The van der Waals surface area contributed by atoms with Crippen LogP contribution in [-0.2, 0) is 9.53 Å². The molecule has 2 atom stereocenters. The van der Waals surface area contributed by atoms with Crippen LogP contribution in [0.25, 0.3) is 0 Å². The Morgan fingerprint density at radius 1 is 1.22 bits per heavy atom. The van der Waals surface area contributed by atoms with Crippen molar-refractivity contribution in [3.05, 3.63) is 35.6 Å². The second kappa shape index (κ2) is 13.9. The van der Waals surface area contributed by atoms with Crippen LogP contribution in [-0.4, -0.2) is 81.2 Å². The molecule has 2 unspecified atom stereocenters. The zero-order valence-electron chi connectivity index (χ0n) is 19.2. The predicted molar refractivity (Wildman–Crippen MR) is 136 cm³/mol. The minimum atomic E-state index is -0.234. The Labute approximate surface area is 208 Å². The fourth-order valence-corrected chi connectivity index (χ4v) is 4.31. The molecule has 3 rings (SSSR count). The topological polar surface area (TPSA) is 69.2 Å². The van der Waals surface area contributed by atoms with Gasteiger partial charge in [0, 0.05) is 52.7 Å². The van der Waals surface area contributed by atoms with Crippen molar-refractivity contribution < 1.29 is 13.9 Å². The van der Waals surface area contributed by atoms with E-state index in [-0.39, 0.29) is 41.7 Å². The second-order valence-electron chi connectivity index (χ2n) is 8.43. The Morgan fingerprint density at radius 3 is 2.59 bits per heavy atom. The van der Waals surface area contributed by atoms with Gasteiger partial charge in [-0.1, -0.05) is 19.1 Å². The van der Waals surface area contributed by atoms with Crippen LogP contribution < -0.4 is 10.6 Å². The Hall–Kier alpha value is -1.46. The number of aliphatic imine (C=N–C) groups is 1. The molecule has 2 saturated heterocycles. The second-order valence-corrected chi connectivity index (χ2v) is 8.43. The summed E-state index contributed by atoms with van der Waals surface area (Å²) in [5, 5.41) is 6.64. The highest BCUT2D eigenvalue weighted by Crippen LogP contribution is 2.21. The van der Waals surface area contributed by atoms with Crippen molar-refractivity contribution in [2.75, 3.05) is 59.5 Å². The van der Waals surface area contributed by atoms with Crippen LogP contribution >= 0.6 is 24.0 Å². The first-order valence-corrected chi connectivity index (χ1v) is 11.4. The minimum Gasteiger partial charge on any atom is -0.379 e. The largest absolute Gasteiger partial charge is 0.379 e. The fourth-order valence-electron chi connectivity index (χ4n) is 4.31. The Morgan fingerprint density at radius 2 is 1.94 bits per heavy atom. The quantitative estimate of drug-likeness (QED) is 0.305. The van der Waals surface area contributed by atoms with Crippen LogP contribution in [0.1, 0.15) is 37.8 Å². The van der Waals surface area contributed by atoms with Crippen molar-refractivity contribution in [1.29, 1.82) is 0 Å². The van der Waals surface area contributed by atoms with Gasteiger partial charge in [0.25, 0.3) is 0 Å². The highest BCUT2D eigenvalue weighted by Gasteiger charge is 2.23. The van der Waals surface area contributed by atoms with E-state index in [2.05, 4.69) is 27.4 Å². The third-order valence-electron chi connectivity index (χ3n) is 6.07. The molecule has 32 heavy (non-hydrogen) atoms. The van der Waals surface area contributed by atoms with Crippen molar-refractivity contribution in [3.63, 3.8) is 0 Å². The molecule has 2 N–H and O–H groups in total. The smallest absolute Gasteiger partial charge is 0.224 e. The highest BCUT2D eigenvalue weighted by atomic mass is 127. The fraction of sp³-hybridized carbons (Fsp3) is 0.652. The normalized spacial score (nSPS) is 20.9. The molecule has 1 amide bonds. The lowest BCUT2D eigenvalue weighted by Crippen LogP contribution is -2.47. The van der Waals surface area contributed by atoms with E-state index in [1.54, 1.807) is 7.05 Å². The van der Waals surface area contributed by atoms with E-state index in [0.717, 1.165) is 38.2 Å². The maximum absolute atomic E-state index is 13.4. The summed E-state index contributed by atoms with van der Waals surface area (Å²) in [7, 11) is 1.73. The van der Waals surface area contributed by atoms with Crippen molar-refractivity contribution in [2.45, 2.75) is 32.2 Å². The molecule has 1 aromatic rings. The van der Waals surface area contributed by atoms with Crippen LogP contribution in [0.5, 0.6) is 0 Å². The third-order valence-corrected chi connectivity index (χ3v) is 6.07. The number of guanidine groups is 1. The van der Waals surface area contributed by atoms with Crippen molar-refractivity contribution >= 4 is 35.8 Å². The average Bonchev–Trinajstić information content (AvgIpc) is 2.79. The summed E-state index contributed by atoms with van der Waals surface area (Å²) in [5.41, 5.74) is 1.06. The van der Waals surface area contributed by atoms with E-state index >= 15 is 0 Å². The number of likely N-dealkylation sites (tertiary alicyclic amines) is 1. The van der Waals surface area contributed by atoms with Gasteiger partial charge in [-0.05, 0) is 36.5 Å². The summed E-state index contributed by atoms with van der Waals surface area (Å²) < 4.78 is 18.9. The van der Waals surface area contributed by atoms with Gasteiger partial charge < -0.3 is 20.3 Å². The first-order chi connectivity index (χ1) is 15.1. The number of benzene rings is 1. The van der Waals surface area contributed by atoms with Crippen LogP contribution in [0, 0.1) is 11.7 Å². The van der Waals surface area contributed by atoms with Crippen molar-refractivity contribution in [2.24, 2.45) is 10.9 Å². The van der Waals surface area contributed by atoms with Gasteiger partial charge in [0.1, 0.15) is 5.82 Å². The van der Waals surface area contributed by atoms with Gasteiger partial charge in [0.15, 0.2) is 5.96 Å². The van der Waals surface area contributed by atoms with E-state index in [1.807, 2.05) is 17.0 Å². The molecule has 7 nitrogen and oxygen atoms in total. The molecule has 0 aliphatic carbocycles. The maximum atomic E-state index is 13.4. The maximum Gasteiger partial charge on any atom is 0.224 e. The van der Waals surface area contributed by atoms with Crippen LogP contribution in [0.4, 0.5) is 4.39 Å². The molecule has 0 radical (unpaired) electrons. The van der Waals surface area contributed by atoms with E-state index in [9.17, 15) is 9.18 Å². The molecular formula is C23H37FIN5O2. The Balaban J connectivity index is 0.00000363. The molecule has 180 valence electrons. The molecule has 2 heterocycles. The molecule has 0 saturated carbocycles. The van der Waals surface area contributed by atoms with Gasteiger partial charge in [-0.2, -0.15) is 0 Å². The highest BCUT2D eigenvalue weighted by molar-refractivity contribution is 14.0. The number of nitrogens with one attached hydrogen (secondary N) is 2. The number of nitrogens with zero attached hydrogens (tertiary/aromatic N) is 3. The molecule has 1 aromatic carbocycles. The summed E-state index contributed by atoms with van der Waals surface area (Å²) in [6.45, 7) is 8.17. The van der Waals surface area contributed by atoms with Gasteiger partial charge in [-0.25, -0.2) is 4.39 Å². The number of carbonyl (C=O) groups excluding carboxylic acids is 1. The van der Waals surface area contributed by atoms with Crippen LogP contribution in [0.2, 0.25) is 0 Å². The molecule has 2 aliphatic rings. The van der Waals surface area contributed by atoms with Gasteiger partial charge in [-0.3, -0.25) is 14.7 Å². The van der Waals surface area contributed by atoms with Crippen LogP contribution in [0.3, 0.4) is 0 Å². The summed E-state index contributed by atoms with van der Waals surface area (Å²) in [6.07, 6.45) is 2.76. The van der Waals surface area contributed by atoms with Gasteiger partial charge in [0.2, 0.25) is 5.91 Å². The number of piperidine rings is 1. The lowest BCUT2D eigenvalue weighted by atomic mass is 10.00. The SMILES string of the molecule is CN=C(NCCC(=O)N1CCCC(C)C1)NCC(c1ccc(F)cc1)N1CCOCC1.I. The van der Waals surface area contributed by atoms with Crippen LogP contribution in [0.15, 0.2) is 29.3 Å². The van der Waals surface area contributed by atoms with E-state index in [4.69, 9.17) is 4.74 Å². The first-order valence-electron chi connectivity index (χ1n) is 11.4. The number of hydrogen-bond acceptors (Lipinski definition) is 4. The number of carbonyl (C=O) groups is 1. The minimum absolute atomic E-state index is 0. The Kier molecular flexibility index (Phi) is 11.7. The number of halogens is 2. The summed E-state index contributed by atoms with van der Waals surface area (Å²) in [5.74, 6) is 1.22. The zero-order chi connectivity index (χ0) is 22.1. The molecule has 0 bridgehead atoms. The standard InChI is InChI=1S/C23H36FN5O2.HI/c1-18-4-3-11-29(17-18)22(30)9-10-26-23(25-2)27-16-21(28-12-14-31-15-13-28)19-5-7-20(24)8-6-19;/h5-8,18,21H,3-4,9-17H2,1-2H3,(H2,25,26,27);1H. The van der Waals surface area contributed by atoms with Gasteiger partial charge in [0.05, 0.1) is 19.3 Å². The summed E-state index contributed by atoms with van der Waals surface area (Å²) >= 11 is 0. The molecular weight excluding hydrogens is 524 g/mol. The molecule has 9 heteroatoms. The van der Waals surface area contributed by atoms with E-state index < -0.39 is 0 Å². The van der Waals surface area contributed by atoms with E-state index in [1.165, 1.54) is 18.6 Å². The number of hydrogen-bond donors (Lipinski definition) is 2. The number of morpholine rings is 1. The molecule has 2 fully saturated rings. The first kappa shape index (κ1) is 26.8. The van der Waals surface area contributed by atoms with Gasteiger partial charge >= 0.3 is 0 Å². The monoisotopic (exact) mass is 561 g/mol. The lowest BCUT2D eigenvalue weighted by Gasteiger charge is -2.35. The molecule has 0 aromatic heterocycles. The summed E-state index contributed by atoms with van der Waals surface area (Å²) in [4.78, 5) is 21.1. The Bertz CT molecular complexity index is 728. The third kappa shape index (κ3) is 8.15. The van der Waals surface area contributed by atoms with Crippen molar-refractivity contribution in [3.8, 4) is 0 Å². The lowest BCUT2D eigenvalue weighted by molar-refractivity contribution is -0.132. The predicted octanol–water partition coefficient (Wildman–Crippen LogP) is 2.63. The zero-order valence-corrected chi connectivity index (χ0v) is 21.5. The molecule has 2 aliphatic heterocycles. The van der Waals surface area contributed by atoms with Crippen molar-refractivity contribution in [1.82, 2.24) is 20.4 Å². The number of amides is 1. The molecule has 0 spiro atoms. The number of rotatable bonds is 7. The average molecular weight is 561 g/mol. The number of ether oxygens (including phenoxy) is 1. The van der Waals surface area contributed by atoms with Gasteiger partial charge in [-0.15, -0.1) is 24.0 Å². The summed E-state index contributed by atoms with van der Waals surface area (Å²) in [6, 6.07) is 6.77. The van der Waals surface area contributed by atoms with E-state index in [0.29, 0.717) is 44.6 Å².